The third kappa shape index (κ3) is 4.52. The number of fused-ring (bicyclic) bond motifs is 3. The molecule has 0 radical (unpaired) electrons. The van der Waals surface area contributed by atoms with Crippen molar-refractivity contribution in [1.82, 2.24) is 29.5 Å². The van der Waals surface area contributed by atoms with Crippen LogP contribution in [0.15, 0.2) is 48.7 Å². The van der Waals surface area contributed by atoms with Crippen LogP contribution in [0.3, 0.4) is 0 Å². The molecule has 206 valence electrons. The van der Waals surface area contributed by atoms with E-state index in [1.165, 1.54) is 6.07 Å². The van der Waals surface area contributed by atoms with Crippen LogP contribution >= 0.6 is 0 Å². The number of nitrogens with one attached hydrogen (secondary N) is 1. The van der Waals surface area contributed by atoms with Gasteiger partial charge in [-0.25, -0.2) is 14.1 Å². The molecule has 1 aliphatic rings. The number of hydrogen-bond acceptors (Lipinski definition) is 6. The largest absolute Gasteiger partial charge is 0.381 e. The number of amides is 1. The average molecular weight is 542 g/mol. The molecular formula is C30H32FN7O2. The normalized spacial score (nSPS) is 15.2. The highest BCUT2D eigenvalue weighted by Crippen LogP contribution is 2.41. The van der Waals surface area contributed by atoms with E-state index in [2.05, 4.69) is 26.3 Å². The standard InChI is InChI=1S/C30H32FN7O2/c1-17(2)30(39)34-25-10-9-22-26-24(15-20(16-32-26)27-18(3)35-36-37(27)4)38(29(22)33-25)28(19-11-13-40-14-12-19)21-7-5-6-8-23(21)31/h5-10,15-17,19,28H,11-14H2,1-4H3,(H,33,34,39)/t28-/m0/s1. The Bertz CT molecular complexity index is 1700. The SMILES string of the molecule is Cc1nnn(C)c1-c1cnc2c3ccc(NC(=O)C(C)C)nc3n([C@H](c3ccccc3F)C3CCOCC3)c2c1. The molecule has 5 heterocycles. The van der Waals surface area contributed by atoms with Crippen molar-refractivity contribution >= 4 is 33.8 Å². The molecule has 1 fully saturated rings. The maximum atomic E-state index is 15.6. The van der Waals surface area contributed by atoms with E-state index in [4.69, 9.17) is 14.7 Å². The van der Waals surface area contributed by atoms with Crippen LogP contribution in [0.4, 0.5) is 10.2 Å². The zero-order valence-corrected chi connectivity index (χ0v) is 23.1. The fourth-order valence-corrected chi connectivity index (χ4v) is 5.73. The molecule has 9 nitrogen and oxygen atoms in total. The number of hydrogen-bond donors (Lipinski definition) is 1. The Morgan fingerprint density at radius 1 is 1.15 bits per heavy atom. The quantitative estimate of drug-likeness (QED) is 0.307. The summed E-state index contributed by atoms with van der Waals surface area (Å²) in [5, 5.41) is 12.2. The Morgan fingerprint density at radius 2 is 1.93 bits per heavy atom. The number of nitrogens with zero attached hydrogens (tertiary/aromatic N) is 6. The van der Waals surface area contributed by atoms with E-state index in [1.54, 1.807) is 16.8 Å². The zero-order valence-electron chi connectivity index (χ0n) is 23.1. The van der Waals surface area contributed by atoms with Crippen molar-refractivity contribution < 1.29 is 13.9 Å². The molecule has 0 unspecified atom stereocenters. The van der Waals surface area contributed by atoms with Gasteiger partial charge in [0.25, 0.3) is 0 Å². The fraction of sp³-hybridized carbons (Fsp3) is 0.367. The van der Waals surface area contributed by atoms with Gasteiger partial charge in [0, 0.05) is 48.9 Å². The highest BCUT2D eigenvalue weighted by atomic mass is 19.1. The molecule has 1 atom stereocenters. The van der Waals surface area contributed by atoms with Crippen molar-refractivity contribution in [2.45, 2.75) is 39.7 Å². The molecule has 5 aromatic rings. The predicted molar refractivity (Wildman–Crippen MR) is 151 cm³/mol. The molecule has 1 amide bonds. The molecule has 1 saturated heterocycles. The van der Waals surface area contributed by atoms with Crippen LogP contribution in [-0.2, 0) is 16.6 Å². The molecule has 4 aromatic heterocycles. The maximum absolute atomic E-state index is 15.6. The predicted octanol–water partition coefficient (Wildman–Crippen LogP) is 5.44. The third-order valence-corrected chi connectivity index (χ3v) is 7.74. The van der Waals surface area contributed by atoms with Crippen LogP contribution in [0.5, 0.6) is 0 Å². The summed E-state index contributed by atoms with van der Waals surface area (Å²) >= 11 is 0. The second-order valence-electron chi connectivity index (χ2n) is 10.7. The molecule has 1 N–H and O–H groups in total. The minimum Gasteiger partial charge on any atom is -0.381 e. The Labute approximate surface area is 231 Å². The van der Waals surface area contributed by atoms with E-state index in [0.717, 1.165) is 46.2 Å². The number of anilines is 1. The van der Waals surface area contributed by atoms with E-state index >= 15 is 4.39 Å². The fourth-order valence-electron chi connectivity index (χ4n) is 5.73. The molecule has 0 saturated carbocycles. The third-order valence-electron chi connectivity index (χ3n) is 7.74. The lowest BCUT2D eigenvalue weighted by Crippen LogP contribution is -2.28. The molecular weight excluding hydrogens is 509 g/mol. The van der Waals surface area contributed by atoms with Crippen LogP contribution in [0.2, 0.25) is 0 Å². The molecule has 0 spiro atoms. The number of benzene rings is 1. The molecule has 10 heteroatoms. The maximum Gasteiger partial charge on any atom is 0.228 e. The lowest BCUT2D eigenvalue weighted by Gasteiger charge is -2.33. The second-order valence-corrected chi connectivity index (χ2v) is 10.7. The molecule has 40 heavy (non-hydrogen) atoms. The van der Waals surface area contributed by atoms with E-state index in [0.29, 0.717) is 30.2 Å². The summed E-state index contributed by atoms with van der Waals surface area (Å²) in [5.74, 6) is -0.0414. The van der Waals surface area contributed by atoms with Gasteiger partial charge in [0.15, 0.2) is 0 Å². The summed E-state index contributed by atoms with van der Waals surface area (Å²) in [5.41, 5.74) is 5.32. The molecule has 1 aliphatic heterocycles. The molecule has 0 bridgehead atoms. The number of carbonyl (C=O) groups excluding carboxylic acids is 1. The van der Waals surface area contributed by atoms with E-state index in [1.807, 2.05) is 52.2 Å². The van der Waals surface area contributed by atoms with Crippen molar-refractivity contribution in [1.29, 1.82) is 0 Å². The van der Waals surface area contributed by atoms with Crippen LogP contribution in [0.25, 0.3) is 33.3 Å². The van der Waals surface area contributed by atoms with Crippen LogP contribution in [-0.4, -0.2) is 48.6 Å². The van der Waals surface area contributed by atoms with Gasteiger partial charge >= 0.3 is 0 Å². The number of aryl methyl sites for hydroxylation is 2. The topological polar surface area (TPSA) is 99.8 Å². The number of pyridine rings is 2. The number of rotatable bonds is 6. The van der Waals surface area contributed by atoms with Crippen molar-refractivity contribution in [2.75, 3.05) is 18.5 Å². The first-order valence-electron chi connectivity index (χ1n) is 13.6. The van der Waals surface area contributed by atoms with Crippen molar-refractivity contribution in [3.63, 3.8) is 0 Å². The van der Waals surface area contributed by atoms with Crippen LogP contribution < -0.4 is 5.32 Å². The van der Waals surface area contributed by atoms with E-state index in [-0.39, 0.29) is 29.6 Å². The minimum atomic E-state index is -0.364. The van der Waals surface area contributed by atoms with Crippen molar-refractivity contribution in [2.24, 2.45) is 18.9 Å². The Morgan fingerprint density at radius 3 is 2.62 bits per heavy atom. The zero-order chi connectivity index (χ0) is 28.0. The lowest BCUT2D eigenvalue weighted by atomic mass is 9.86. The molecule has 6 rings (SSSR count). The minimum absolute atomic E-state index is 0.101. The Hall–Kier alpha value is -4.18. The summed E-state index contributed by atoms with van der Waals surface area (Å²) in [4.78, 5) is 22.4. The van der Waals surface area contributed by atoms with Gasteiger partial charge in [0.2, 0.25) is 5.91 Å². The van der Waals surface area contributed by atoms with Gasteiger partial charge in [0.1, 0.15) is 17.3 Å². The summed E-state index contributed by atoms with van der Waals surface area (Å²) < 4.78 is 25.1. The van der Waals surface area contributed by atoms with Gasteiger partial charge in [0.05, 0.1) is 28.5 Å². The second kappa shape index (κ2) is 10.4. The first-order chi connectivity index (χ1) is 19.3. The summed E-state index contributed by atoms with van der Waals surface area (Å²) in [6.07, 6.45) is 3.38. The summed E-state index contributed by atoms with van der Waals surface area (Å²) in [6.45, 7) is 6.81. The Kier molecular flexibility index (Phi) is 6.79. The molecule has 0 aliphatic carbocycles. The van der Waals surface area contributed by atoms with E-state index < -0.39 is 0 Å². The smallest absolute Gasteiger partial charge is 0.228 e. The van der Waals surface area contributed by atoms with Crippen molar-refractivity contribution in [3.05, 3.63) is 65.7 Å². The number of aromatic nitrogens is 6. The summed E-state index contributed by atoms with van der Waals surface area (Å²) in [6, 6.07) is 12.4. The lowest BCUT2D eigenvalue weighted by molar-refractivity contribution is -0.118. The average Bonchev–Trinajstić information content (AvgIpc) is 3.45. The highest BCUT2D eigenvalue weighted by Gasteiger charge is 2.32. The first-order valence-corrected chi connectivity index (χ1v) is 13.6. The summed E-state index contributed by atoms with van der Waals surface area (Å²) in [7, 11) is 1.85. The van der Waals surface area contributed by atoms with Gasteiger partial charge < -0.3 is 14.6 Å². The highest BCUT2D eigenvalue weighted by molar-refractivity contribution is 6.06. The van der Waals surface area contributed by atoms with Gasteiger partial charge in [-0.15, -0.1) is 5.10 Å². The number of ether oxygens (including phenoxy) is 1. The number of halogens is 1. The van der Waals surface area contributed by atoms with Crippen LogP contribution in [0.1, 0.15) is 44.0 Å². The Balaban J connectivity index is 1.66. The van der Waals surface area contributed by atoms with Gasteiger partial charge in [-0.2, -0.15) is 0 Å². The first kappa shape index (κ1) is 26.1. The van der Waals surface area contributed by atoms with Crippen molar-refractivity contribution in [3.8, 4) is 11.3 Å². The van der Waals surface area contributed by atoms with Crippen LogP contribution in [0, 0.1) is 24.6 Å². The monoisotopic (exact) mass is 541 g/mol. The number of carbonyl (C=O) groups is 1. The van der Waals surface area contributed by atoms with E-state index in [9.17, 15) is 4.79 Å². The molecule has 1 aromatic carbocycles. The van der Waals surface area contributed by atoms with Gasteiger partial charge in [-0.3, -0.25) is 9.78 Å². The van der Waals surface area contributed by atoms with Gasteiger partial charge in [-0.1, -0.05) is 37.3 Å². The van der Waals surface area contributed by atoms with Gasteiger partial charge in [-0.05, 0) is 49.9 Å².